The fourth-order valence-electron chi connectivity index (χ4n) is 1.10. The number of rotatable bonds is 0. The molecular formula is C6H13NS. The molecule has 0 atom stereocenters. The standard InChI is InChI=1S/C6H13NS/c7-5-1-3-6(8)4-2-5/h5-6,8H,1-4,7H2/t5-,6+. The van der Waals surface area contributed by atoms with E-state index in [0.717, 1.165) is 0 Å². The van der Waals surface area contributed by atoms with Crippen LogP contribution in [-0.2, 0) is 0 Å². The molecule has 0 amide bonds. The van der Waals surface area contributed by atoms with Gasteiger partial charge in [0.2, 0.25) is 0 Å². The molecule has 2 N–H and O–H groups in total. The summed E-state index contributed by atoms with van der Waals surface area (Å²) in [6.07, 6.45) is 4.77. The molecule has 1 aliphatic rings. The van der Waals surface area contributed by atoms with Gasteiger partial charge in [0, 0.05) is 11.3 Å². The van der Waals surface area contributed by atoms with Crippen molar-refractivity contribution < 1.29 is 0 Å². The molecule has 1 aliphatic carbocycles. The van der Waals surface area contributed by atoms with E-state index in [2.05, 4.69) is 12.6 Å². The Morgan fingerprint density at radius 3 is 2.00 bits per heavy atom. The van der Waals surface area contributed by atoms with Crippen molar-refractivity contribution in [3.05, 3.63) is 0 Å². The van der Waals surface area contributed by atoms with Crippen molar-refractivity contribution in [3.63, 3.8) is 0 Å². The van der Waals surface area contributed by atoms with Crippen molar-refractivity contribution in [2.75, 3.05) is 0 Å². The van der Waals surface area contributed by atoms with Gasteiger partial charge in [-0.25, -0.2) is 0 Å². The molecule has 48 valence electrons. The molecule has 0 aromatic heterocycles. The number of nitrogens with two attached hydrogens (primary N) is 1. The Labute approximate surface area is 56.1 Å². The summed E-state index contributed by atoms with van der Waals surface area (Å²) < 4.78 is 0. The van der Waals surface area contributed by atoms with Crippen LogP contribution in [0.5, 0.6) is 0 Å². The Morgan fingerprint density at radius 2 is 1.62 bits per heavy atom. The van der Waals surface area contributed by atoms with Gasteiger partial charge in [0.05, 0.1) is 0 Å². The maximum atomic E-state index is 5.66. The summed E-state index contributed by atoms with van der Waals surface area (Å²) in [6.45, 7) is 0. The van der Waals surface area contributed by atoms with Crippen LogP contribution in [0.25, 0.3) is 0 Å². The predicted octanol–water partition coefficient (Wildman–Crippen LogP) is 1.19. The summed E-state index contributed by atoms with van der Waals surface area (Å²) in [7, 11) is 0. The zero-order valence-electron chi connectivity index (χ0n) is 5.01. The van der Waals surface area contributed by atoms with Crippen LogP contribution in [0.4, 0.5) is 0 Å². The lowest BCUT2D eigenvalue weighted by molar-refractivity contribution is 0.452. The minimum atomic E-state index is 0.471. The van der Waals surface area contributed by atoms with Gasteiger partial charge in [-0.05, 0) is 25.7 Å². The maximum absolute atomic E-state index is 5.66. The highest BCUT2D eigenvalue weighted by molar-refractivity contribution is 7.80. The van der Waals surface area contributed by atoms with E-state index in [-0.39, 0.29) is 0 Å². The predicted molar refractivity (Wildman–Crippen MR) is 39.2 cm³/mol. The van der Waals surface area contributed by atoms with Crippen molar-refractivity contribution in [2.45, 2.75) is 37.0 Å². The largest absolute Gasteiger partial charge is 0.328 e. The summed E-state index contributed by atoms with van der Waals surface area (Å²) in [6, 6.07) is 0.471. The molecule has 1 fully saturated rings. The summed E-state index contributed by atoms with van der Waals surface area (Å²) in [4.78, 5) is 0. The molecule has 0 spiro atoms. The SMILES string of the molecule is N[C@H]1CC[C@@H](S)CC1. The van der Waals surface area contributed by atoms with Gasteiger partial charge in [0.1, 0.15) is 0 Å². The average molecular weight is 131 g/mol. The third-order valence-electron chi connectivity index (χ3n) is 1.74. The molecule has 0 aromatic carbocycles. The fraction of sp³-hybridized carbons (Fsp3) is 1.00. The molecule has 0 aromatic rings. The first-order valence-corrected chi connectivity index (χ1v) is 3.74. The maximum Gasteiger partial charge on any atom is 0.00396 e. The van der Waals surface area contributed by atoms with Gasteiger partial charge in [-0.2, -0.15) is 12.6 Å². The third-order valence-corrected chi connectivity index (χ3v) is 2.26. The highest BCUT2D eigenvalue weighted by Gasteiger charge is 2.14. The van der Waals surface area contributed by atoms with E-state index in [9.17, 15) is 0 Å². The molecule has 0 heterocycles. The van der Waals surface area contributed by atoms with E-state index in [1.165, 1.54) is 25.7 Å². The second-order valence-electron chi connectivity index (χ2n) is 2.57. The van der Waals surface area contributed by atoms with Crippen molar-refractivity contribution in [3.8, 4) is 0 Å². The molecule has 0 unspecified atom stereocenters. The quantitative estimate of drug-likeness (QED) is 0.474. The van der Waals surface area contributed by atoms with Gasteiger partial charge >= 0.3 is 0 Å². The van der Waals surface area contributed by atoms with E-state index in [0.29, 0.717) is 11.3 Å². The van der Waals surface area contributed by atoms with Gasteiger partial charge in [-0.1, -0.05) is 0 Å². The van der Waals surface area contributed by atoms with Crippen LogP contribution in [0.3, 0.4) is 0 Å². The van der Waals surface area contributed by atoms with E-state index in [4.69, 9.17) is 5.73 Å². The molecular weight excluding hydrogens is 118 g/mol. The van der Waals surface area contributed by atoms with Crippen molar-refractivity contribution in [1.82, 2.24) is 0 Å². The Hall–Kier alpha value is 0.310. The van der Waals surface area contributed by atoms with Crippen LogP contribution < -0.4 is 5.73 Å². The van der Waals surface area contributed by atoms with Gasteiger partial charge in [0.25, 0.3) is 0 Å². The van der Waals surface area contributed by atoms with Crippen LogP contribution in [-0.4, -0.2) is 11.3 Å². The van der Waals surface area contributed by atoms with Crippen molar-refractivity contribution in [1.29, 1.82) is 0 Å². The van der Waals surface area contributed by atoms with E-state index >= 15 is 0 Å². The van der Waals surface area contributed by atoms with Gasteiger partial charge in [-0.3, -0.25) is 0 Å². The molecule has 2 heteroatoms. The monoisotopic (exact) mass is 131 g/mol. The fourth-order valence-corrected chi connectivity index (χ4v) is 1.40. The minimum Gasteiger partial charge on any atom is -0.328 e. The molecule has 1 nitrogen and oxygen atoms in total. The molecule has 0 radical (unpaired) electrons. The van der Waals surface area contributed by atoms with E-state index in [1.54, 1.807) is 0 Å². The Balaban J connectivity index is 2.19. The summed E-state index contributed by atoms with van der Waals surface area (Å²) in [5, 5.41) is 0.634. The first-order valence-electron chi connectivity index (χ1n) is 3.22. The number of hydrogen-bond acceptors (Lipinski definition) is 2. The normalized spacial score (nSPS) is 39.8. The lowest BCUT2D eigenvalue weighted by Gasteiger charge is -2.21. The zero-order chi connectivity index (χ0) is 5.98. The lowest BCUT2D eigenvalue weighted by atomic mass is 9.96. The van der Waals surface area contributed by atoms with Gasteiger partial charge in [-0.15, -0.1) is 0 Å². The van der Waals surface area contributed by atoms with Crippen LogP contribution in [0.1, 0.15) is 25.7 Å². The Morgan fingerprint density at radius 1 is 1.12 bits per heavy atom. The second-order valence-corrected chi connectivity index (χ2v) is 3.30. The second kappa shape index (κ2) is 2.74. The first-order chi connectivity index (χ1) is 3.79. The molecule has 1 rings (SSSR count). The van der Waals surface area contributed by atoms with Crippen molar-refractivity contribution in [2.24, 2.45) is 5.73 Å². The topological polar surface area (TPSA) is 26.0 Å². The van der Waals surface area contributed by atoms with Gasteiger partial charge in [0.15, 0.2) is 0 Å². The number of thiol groups is 1. The summed E-state index contributed by atoms with van der Waals surface area (Å²) >= 11 is 4.35. The van der Waals surface area contributed by atoms with Crippen LogP contribution in [0.15, 0.2) is 0 Å². The Bertz CT molecular complexity index is 56.9. The highest BCUT2D eigenvalue weighted by Crippen LogP contribution is 2.20. The van der Waals surface area contributed by atoms with Gasteiger partial charge < -0.3 is 5.73 Å². The molecule has 0 aliphatic heterocycles. The molecule has 8 heavy (non-hydrogen) atoms. The van der Waals surface area contributed by atoms with Crippen LogP contribution >= 0.6 is 12.6 Å². The zero-order valence-corrected chi connectivity index (χ0v) is 5.90. The van der Waals surface area contributed by atoms with E-state index < -0.39 is 0 Å². The average Bonchev–Trinajstić information content (AvgIpc) is 1.77. The third kappa shape index (κ3) is 1.67. The molecule has 0 saturated heterocycles. The van der Waals surface area contributed by atoms with Crippen LogP contribution in [0, 0.1) is 0 Å². The smallest absolute Gasteiger partial charge is 0.00396 e. The lowest BCUT2D eigenvalue weighted by Crippen LogP contribution is -2.26. The van der Waals surface area contributed by atoms with Crippen LogP contribution in [0.2, 0.25) is 0 Å². The summed E-state index contributed by atoms with van der Waals surface area (Å²) in [5.41, 5.74) is 5.66. The number of hydrogen-bond donors (Lipinski definition) is 2. The van der Waals surface area contributed by atoms with Crippen molar-refractivity contribution >= 4 is 12.6 Å². The molecule has 1 saturated carbocycles. The van der Waals surface area contributed by atoms with E-state index in [1.807, 2.05) is 0 Å². The molecule has 0 bridgehead atoms. The highest BCUT2D eigenvalue weighted by atomic mass is 32.1. The first kappa shape index (κ1) is 6.43. The Kier molecular flexibility index (Phi) is 2.20. The minimum absolute atomic E-state index is 0.471. The summed E-state index contributed by atoms with van der Waals surface area (Å²) in [5.74, 6) is 0.